The first-order valence-electron chi connectivity index (χ1n) is 3.96. The summed E-state index contributed by atoms with van der Waals surface area (Å²) in [6.07, 6.45) is 5.52. The molecule has 0 heterocycles. The highest BCUT2D eigenvalue weighted by Gasteiger charge is 1.95. The van der Waals surface area contributed by atoms with Crippen LogP contribution in [0.15, 0.2) is 0 Å². The van der Waals surface area contributed by atoms with Crippen LogP contribution in [-0.4, -0.2) is 0 Å². The predicted octanol–water partition coefficient (Wildman–Crippen LogP) is 2.72. The van der Waals surface area contributed by atoms with Crippen LogP contribution in [0.25, 0.3) is 0 Å². The van der Waals surface area contributed by atoms with E-state index in [1.807, 2.05) is 0 Å². The van der Waals surface area contributed by atoms with E-state index in [9.17, 15) is 0 Å². The summed E-state index contributed by atoms with van der Waals surface area (Å²) in [5.74, 6) is 0.963. The Balaban J connectivity index is 0. The van der Waals surface area contributed by atoms with Gasteiger partial charge in [-0.25, -0.2) is 11.9 Å². The largest absolute Gasteiger partial charge is 0.769 e. The fourth-order valence-corrected chi connectivity index (χ4v) is 1.13. The highest BCUT2D eigenvalue weighted by Crippen LogP contribution is 2.10. The average Bonchev–Trinajstić information content (AvgIpc) is 1.93. The van der Waals surface area contributed by atoms with Crippen LogP contribution in [0, 0.1) is 5.92 Å². The van der Waals surface area contributed by atoms with Crippen molar-refractivity contribution in [3.8, 4) is 0 Å². The normalized spacial score (nSPS) is 9.00. The SMILES string of the molecule is CCCC(C)CCC.[O-]Cl. The first kappa shape index (κ1) is 12.9. The van der Waals surface area contributed by atoms with Crippen molar-refractivity contribution in [1.29, 1.82) is 0 Å². The van der Waals surface area contributed by atoms with E-state index in [4.69, 9.17) is 4.66 Å². The van der Waals surface area contributed by atoms with Crippen LogP contribution in [0.5, 0.6) is 0 Å². The minimum atomic E-state index is 0.963. The first-order valence-corrected chi connectivity index (χ1v) is 4.27. The molecule has 10 heavy (non-hydrogen) atoms. The van der Waals surface area contributed by atoms with E-state index in [1.165, 1.54) is 25.7 Å². The fourth-order valence-electron chi connectivity index (χ4n) is 1.13. The third-order valence-electron chi connectivity index (χ3n) is 1.56. The molecule has 0 aliphatic carbocycles. The molecule has 2 heteroatoms. The molecule has 0 atom stereocenters. The molecule has 0 fully saturated rings. The van der Waals surface area contributed by atoms with Crippen LogP contribution >= 0.6 is 11.9 Å². The Morgan fingerprint density at radius 3 is 1.60 bits per heavy atom. The lowest BCUT2D eigenvalue weighted by atomic mass is 10.0. The van der Waals surface area contributed by atoms with Gasteiger partial charge in [-0.05, 0) is 5.92 Å². The van der Waals surface area contributed by atoms with Crippen LogP contribution in [0.4, 0.5) is 0 Å². The maximum atomic E-state index is 7.72. The van der Waals surface area contributed by atoms with Gasteiger partial charge < -0.3 is 4.66 Å². The second-order valence-corrected chi connectivity index (χ2v) is 2.68. The standard InChI is InChI=1S/C8H18.ClO/c1-4-6-8(3)7-5-2;1-2/h8H,4-7H2,1-3H3;/q;-1. The van der Waals surface area contributed by atoms with Gasteiger partial charge in [0.1, 0.15) is 0 Å². The van der Waals surface area contributed by atoms with Gasteiger partial charge in [-0.3, -0.25) is 0 Å². The summed E-state index contributed by atoms with van der Waals surface area (Å²) in [5.41, 5.74) is 0. The van der Waals surface area contributed by atoms with Crippen molar-refractivity contribution in [3.05, 3.63) is 0 Å². The van der Waals surface area contributed by atoms with Crippen molar-refractivity contribution in [2.24, 2.45) is 5.92 Å². The lowest BCUT2D eigenvalue weighted by Gasteiger charge is -2.05. The molecule has 0 aromatic rings. The Morgan fingerprint density at radius 1 is 1.10 bits per heavy atom. The molecule has 1 nitrogen and oxygen atoms in total. The molecular formula is C8H18ClO-. The van der Waals surface area contributed by atoms with Gasteiger partial charge in [-0.2, -0.15) is 0 Å². The number of hydrogen-bond donors (Lipinski definition) is 0. The Hall–Kier alpha value is 0.250. The first-order chi connectivity index (χ1) is 4.81. The van der Waals surface area contributed by atoms with Gasteiger partial charge in [0.15, 0.2) is 0 Å². The second-order valence-electron chi connectivity index (χ2n) is 2.68. The van der Waals surface area contributed by atoms with Gasteiger partial charge in [0.25, 0.3) is 0 Å². The van der Waals surface area contributed by atoms with E-state index in [0.717, 1.165) is 5.92 Å². The summed E-state index contributed by atoms with van der Waals surface area (Å²) < 4.78 is 7.72. The van der Waals surface area contributed by atoms with Gasteiger partial charge in [-0.1, -0.05) is 46.5 Å². The molecule has 0 saturated heterocycles. The summed E-state index contributed by atoms with van der Waals surface area (Å²) >= 11 is 3.39. The molecule has 0 aliphatic heterocycles. The average molecular weight is 166 g/mol. The van der Waals surface area contributed by atoms with Gasteiger partial charge in [0.05, 0.1) is 0 Å². The predicted molar refractivity (Wildman–Crippen MR) is 44.8 cm³/mol. The molecule has 0 N–H and O–H groups in total. The molecule has 0 amide bonds. The van der Waals surface area contributed by atoms with Gasteiger partial charge in [-0.15, -0.1) is 0 Å². The van der Waals surface area contributed by atoms with Crippen LogP contribution in [-0.2, 0) is 0 Å². The molecule has 64 valence electrons. The summed E-state index contributed by atoms with van der Waals surface area (Å²) in [6, 6.07) is 0. The van der Waals surface area contributed by atoms with Gasteiger partial charge >= 0.3 is 0 Å². The quantitative estimate of drug-likeness (QED) is 0.628. The van der Waals surface area contributed by atoms with E-state index in [-0.39, 0.29) is 0 Å². The maximum absolute atomic E-state index is 7.72. The number of rotatable bonds is 4. The van der Waals surface area contributed by atoms with Gasteiger partial charge in [0.2, 0.25) is 0 Å². The minimum absolute atomic E-state index is 0.963. The zero-order valence-electron chi connectivity index (χ0n) is 7.19. The molecule has 0 saturated carbocycles. The van der Waals surface area contributed by atoms with E-state index < -0.39 is 0 Å². The molecular weight excluding hydrogens is 148 g/mol. The molecule has 0 radical (unpaired) electrons. The molecule has 0 spiro atoms. The summed E-state index contributed by atoms with van der Waals surface area (Å²) in [6.45, 7) is 6.85. The zero-order valence-corrected chi connectivity index (χ0v) is 7.95. The summed E-state index contributed by atoms with van der Waals surface area (Å²) in [5, 5.41) is 0. The number of hydrogen-bond acceptors (Lipinski definition) is 1. The van der Waals surface area contributed by atoms with Crippen molar-refractivity contribution in [1.82, 2.24) is 0 Å². The molecule has 0 aromatic heterocycles. The van der Waals surface area contributed by atoms with Gasteiger partial charge in [0, 0.05) is 0 Å². The number of halogens is 1. The van der Waals surface area contributed by atoms with Crippen molar-refractivity contribution in [2.75, 3.05) is 0 Å². The Morgan fingerprint density at radius 2 is 1.40 bits per heavy atom. The molecule has 0 unspecified atom stereocenters. The van der Waals surface area contributed by atoms with Crippen LogP contribution in [0.1, 0.15) is 46.5 Å². The smallest absolute Gasteiger partial charge is 0.0443 e. The lowest BCUT2D eigenvalue weighted by Crippen LogP contribution is -1.91. The van der Waals surface area contributed by atoms with Crippen molar-refractivity contribution >= 4 is 11.9 Å². The molecule has 0 aliphatic rings. The Kier molecular flexibility index (Phi) is 15.4. The van der Waals surface area contributed by atoms with Crippen LogP contribution in [0.2, 0.25) is 0 Å². The third kappa shape index (κ3) is 11.1. The monoisotopic (exact) mass is 165 g/mol. The highest BCUT2D eigenvalue weighted by molar-refractivity contribution is 6.02. The summed E-state index contributed by atoms with van der Waals surface area (Å²) in [7, 11) is 0. The van der Waals surface area contributed by atoms with Crippen molar-refractivity contribution in [2.45, 2.75) is 46.5 Å². The maximum Gasteiger partial charge on any atom is -0.0443 e. The fraction of sp³-hybridized carbons (Fsp3) is 1.00. The van der Waals surface area contributed by atoms with E-state index in [1.54, 1.807) is 0 Å². The van der Waals surface area contributed by atoms with Crippen LogP contribution < -0.4 is 4.66 Å². The molecule has 0 bridgehead atoms. The van der Waals surface area contributed by atoms with E-state index >= 15 is 0 Å². The topological polar surface area (TPSA) is 23.1 Å². The third-order valence-corrected chi connectivity index (χ3v) is 1.56. The van der Waals surface area contributed by atoms with Crippen molar-refractivity contribution in [3.63, 3.8) is 0 Å². The Labute approximate surface area is 69.6 Å². The van der Waals surface area contributed by atoms with E-state index in [2.05, 4.69) is 32.6 Å². The van der Waals surface area contributed by atoms with E-state index in [0.29, 0.717) is 0 Å². The highest BCUT2D eigenvalue weighted by atomic mass is 35.5. The molecule has 0 rings (SSSR count). The summed E-state index contributed by atoms with van der Waals surface area (Å²) in [4.78, 5) is 0. The zero-order chi connectivity index (χ0) is 8.41. The van der Waals surface area contributed by atoms with Crippen molar-refractivity contribution < 1.29 is 4.66 Å². The minimum Gasteiger partial charge on any atom is -0.769 e. The molecule has 0 aromatic carbocycles. The Bertz CT molecular complexity index is 42.5. The van der Waals surface area contributed by atoms with Crippen LogP contribution in [0.3, 0.4) is 0 Å². The second kappa shape index (κ2) is 12.0. The lowest BCUT2D eigenvalue weighted by molar-refractivity contribution is -0.166.